The number of hydrogen-bond acceptors (Lipinski definition) is 3. The first kappa shape index (κ1) is 24.4. The van der Waals surface area contributed by atoms with Crippen LogP contribution < -0.4 is 10.6 Å². The molecular formula is C25H37N5O. The van der Waals surface area contributed by atoms with Crippen LogP contribution in [0.4, 0.5) is 0 Å². The van der Waals surface area contributed by atoms with Gasteiger partial charge in [-0.25, -0.2) is 4.99 Å². The summed E-state index contributed by atoms with van der Waals surface area (Å²) in [5.74, 6) is 0.788. The van der Waals surface area contributed by atoms with Crippen molar-refractivity contribution in [2.24, 2.45) is 4.99 Å². The lowest BCUT2D eigenvalue weighted by molar-refractivity contribution is 0.0827. The minimum Gasteiger partial charge on any atom is -0.357 e. The zero-order valence-corrected chi connectivity index (χ0v) is 19.6. The van der Waals surface area contributed by atoms with Crippen LogP contribution in [-0.4, -0.2) is 55.4 Å². The fourth-order valence-corrected chi connectivity index (χ4v) is 3.18. The minimum atomic E-state index is 0.00757. The molecular weight excluding hydrogens is 386 g/mol. The number of guanidine groups is 1. The summed E-state index contributed by atoms with van der Waals surface area (Å²) in [6.07, 6.45) is 0. The molecule has 168 valence electrons. The van der Waals surface area contributed by atoms with Gasteiger partial charge in [0.1, 0.15) is 0 Å². The third-order valence-electron chi connectivity index (χ3n) is 5.15. The van der Waals surface area contributed by atoms with Gasteiger partial charge in [0.2, 0.25) is 0 Å². The second kappa shape index (κ2) is 12.7. The van der Waals surface area contributed by atoms with Crippen molar-refractivity contribution in [1.29, 1.82) is 0 Å². The summed E-state index contributed by atoms with van der Waals surface area (Å²) in [4.78, 5) is 20.7. The van der Waals surface area contributed by atoms with Crippen LogP contribution in [0.3, 0.4) is 0 Å². The van der Waals surface area contributed by atoms with Crippen molar-refractivity contribution in [2.45, 2.75) is 40.4 Å². The van der Waals surface area contributed by atoms with Crippen molar-refractivity contribution >= 4 is 11.9 Å². The number of benzene rings is 2. The lowest BCUT2D eigenvalue weighted by Crippen LogP contribution is -2.36. The van der Waals surface area contributed by atoms with E-state index >= 15 is 0 Å². The summed E-state index contributed by atoms with van der Waals surface area (Å²) >= 11 is 0. The van der Waals surface area contributed by atoms with Gasteiger partial charge in [0, 0.05) is 39.3 Å². The molecule has 0 aliphatic heterocycles. The highest BCUT2D eigenvalue weighted by atomic mass is 16.2. The smallest absolute Gasteiger partial charge is 0.253 e. The van der Waals surface area contributed by atoms with Gasteiger partial charge in [0.15, 0.2) is 5.96 Å². The Morgan fingerprint density at radius 3 is 1.97 bits per heavy atom. The van der Waals surface area contributed by atoms with E-state index in [0.717, 1.165) is 37.7 Å². The first-order valence-corrected chi connectivity index (χ1v) is 11.1. The predicted molar refractivity (Wildman–Crippen MR) is 129 cm³/mol. The first-order chi connectivity index (χ1) is 15.0. The van der Waals surface area contributed by atoms with Gasteiger partial charge in [0.25, 0.3) is 5.91 Å². The minimum absolute atomic E-state index is 0.00757. The highest BCUT2D eigenvalue weighted by molar-refractivity contribution is 5.93. The second-order valence-electron chi connectivity index (χ2n) is 7.72. The molecule has 6 nitrogen and oxygen atoms in total. The van der Waals surface area contributed by atoms with Gasteiger partial charge in [-0.05, 0) is 48.8 Å². The van der Waals surface area contributed by atoms with Crippen LogP contribution in [0.5, 0.6) is 0 Å². The van der Waals surface area contributed by atoms with Crippen LogP contribution in [0.25, 0.3) is 0 Å². The van der Waals surface area contributed by atoms with Crippen LogP contribution in [-0.2, 0) is 19.6 Å². The molecule has 0 saturated heterocycles. The first-order valence-electron chi connectivity index (χ1n) is 11.1. The van der Waals surface area contributed by atoms with E-state index in [1.807, 2.05) is 24.3 Å². The molecule has 31 heavy (non-hydrogen) atoms. The molecule has 2 aromatic carbocycles. The molecule has 0 aliphatic rings. The van der Waals surface area contributed by atoms with Crippen LogP contribution in [0.2, 0.25) is 0 Å². The highest BCUT2D eigenvalue weighted by Gasteiger charge is 2.07. The Hall–Kier alpha value is -2.86. The molecule has 0 bridgehead atoms. The number of nitrogens with zero attached hydrogens (tertiary/aromatic N) is 3. The molecule has 0 aromatic heterocycles. The summed E-state index contributed by atoms with van der Waals surface area (Å²) in [6.45, 7) is 11.6. The number of aliphatic imine (C=N–C) groups is 1. The number of carbonyl (C=O) groups excluding carboxylic acids is 1. The van der Waals surface area contributed by atoms with E-state index in [0.29, 0.717) is 18.7 Å². The monoisotopic (exact) mass is 423 g/mol. The molecule has 2 aromatic rings. The lowest BCUT2D eigenvalue weighted by atomic mass is 10.1. The summed E-state index contributed by atoms with van der Waals surface area (Å²) in [6, 6.07) is 16.4. The zero-order chi connectivity index (χ0) is 22.6. The SMILES string of the molecule is CCNC(=NCc1ccc(C(=O)N(C)C)cc1)NCc1ccc(CN(CC)CC)cc1. The third-order valence-corrected chi connectivity index (χ3v) is 5.15. The largest absolute Gasteiger partial charge is 0.357 e. The lowest BCUT2D eigenvalue weighted by Gasteiger charge is -2.18. The maximum absolute atomic E-state index is 12.0. The van der Waals surface area contributed by atoms with E-state index in [1.165, 1.54) is 11.1 Å². The normalized spacial score (nSPS) is 11.5. The molecule has 0 heterocycles. The van der Waals surface area contributed by atoms with E-state index in [1.54, 1.807) is 19.0 Å². The van der Waals surface area contributed by atoms with Crippen molar-refractivity contribution in [3.63, 3.8) is 0 Å². The molecule has 6 heteroatoms. The number of hydrogen-bond donors (Lipinski definition) is 2. The highest BCUT2D eigenvalue weighted by Crippen LogP contribution is 2.09. The summed E-state index contributed by atoms with van der Waals surface area (Å²) in [7, 11) is 3.51. The summed E-state index contributed by atoms with van der Waals surface area (Å²) in [5.41, 5.74) is 4.31. The van der Waals surface area contributed by atoms with Crippen LogP contribution in [0.15, 0.2) is 53.5 Å². The van der Waals surface area contributed by atoms with Gasteiger partial charge in [-0.3, -0.25) is 9.69 Å². The van der Waals surface area contributed by atoms with E-state index in [2.05, 4.69) is 65.6 Å². The van der Waals surface area contributed by atoms with Crippen molar-refractivity contribution in [2.75, 3.05) is 33.7 Å². The molecule has 0 saturated carbocycles. The standard InChI is InChI=1S/C25H37N5O/c1-6-26-25(28-18-21-13-15-23(16-14-21)24(31)29(4)5)27-17-20-9-11-22(12-10-20)19-30(7-2)8-3/h9-16H,6-8,17-19H2,1-5H3,(H2,26,27,28). The molecule has 0 fully saturated rings. The van der Waals surface area contributed by atoms with Crippen molar-refractivity contribution < 1.29 is 4.79 Å². The molecule has 2 N–H and O–H groups in total. The van der Waals surface area contributed by atoms with Gasteiger partial charge in [-0.2, -0.15) is 0 Å². The molecule has 0 radical (unpaired) electrons. The Morgan fingerprint density at radius 1 is 0.839 bits per heavy atom. The third kappa shape index (κ3) is 8.06. The van der Waals surface area contributed by atoms with E-state index in [-0.39, 0.29) is 5.91 Å². The summed E-state index contributed by atoms with van der Waals surface area (Å²) in [5, 5.41) is 6.69. The van der Waals surface area contributed by atoms with Crippen LogP contribution >= 0.6 is 0 Å². The van der Waals surface area contributed by atoms with E-state index in [9.17, 15) is 4.79 Å². The number of carbonyl (C=O) groups is 1. The van der Waals surface area contributed by atoms with Crippen molar-refractivity contribution in [3.8, 4) is 0 Å². The fraction of sp³-hybridized carbons (Fsp3) is 0.440. The quantitative estimate of drug-likeness (QED) is 0.454. The maximum atomic E-state index is 12.0. The number of amides is 1. The van der Waals surface area contributed by atoms with E-state index in [4.69, 9.17) is 0 Å². The number of nitrogens with one attached hydrogen (secondary N) is 2. The molecule has 1 amide bonds. The fourth-order valence-electron chi connectivity index (χ4n) is 3.18. The Balaban J connectivity index is 1.93. The molecule has 0 aliphatic carbocycles. The van der Waals surface area contributed by atoms with Crippen molar-refractivity contribution in [1.82, 2.24) is 20.4 Å². The Bertz CT molecular complexity index is 824. The Kier molecular flexibility index (Phi) is 10.0. The average Bonchev–Trinajstić information content (AvgIpc) is 2.79. The van der Waals surface area contributed by atoms with Gasteiger partial charge in [-0.15, -0.1) is 0 Å². The number of rotatable bonds is 10. The topological polar surface area (TPSA) is 60.0 Å². The molecule has 0 spiro atoms. The van der Waals surface area contributed by atoms with Crippen LogP contribution in [0.1, 0.15) is 47.8 Å². The van der Waals surface area contributed by atoms with Gasteiger partial charge in [-0.1, -0.05) is 50.2 Å². The Morgan fingerprint density at radius 2 is 1.42 bits per heavy atom. The second-order valence-corrected chi connectivity index (χ2v) is 7.72. The predicted octanol–water partition coefficient (Wildman–Crippen LogP) is 3.49. The molecule has 2 rings (SSSR count). The maximum Gasteiger partial charge on any atom is 0.253 e. The summed E-state index contributed by atoms with van der Waals surface area (Å²) < 4.78 is 0. The molecule has 0 atom stereocenters. The van der Waals surface area contributed by atoms with Crippen molar-refractivity contribution in [3.05, 3.63) is 70.8 Å². The van der Waals surface area contributed by atoms with E-state index < -0.39 is 0 Å². The average molecular weight is 424 g/mol. The zero-order valence-electron chi connectivity index (χ0n) is 19.6. The van der Waals surface area contributed by atoms with Gasteiger partial charge in [0.05, 0.1) is 6.54 Å². The van der Waals surface area contributed by atoms with Crippen LogP contribution in [0, 0.1) is 0 Å². The molecule has 0 unspecified atom stereocenters. The van der Waals surface area contributed by atoms with Gasteiger partial charge >= 0.3 is 0 Å². The van der Waals surface area contributed by atoms with Gasteiger partial charge < -0.3 is 15.5 Å². The Labute approximate surface area is 187 Å².